The van der Waals surface area contributed by atoms with Crippen LogP contribution in [0.2, 0.25) is 0 Å². The molecule has 17 heavy (non-hydrogen) atoms. The molecule has 0 saturated heterocycles. The van der Waals surface area contributed by atoms with Gasteiger partial charge in [0.1, 0.15) is 0 Å². The number of aromatic nitrogens is 1. The van der Waals surface area contributed by atoms with Crippen LogP contribution in [0.4, 0.5) is 5.69 Å². The molecular formula is C13H16N2OS. The number of hydrogen-bond donors (Lipinski definition) is 1. The van der Waals surface area contributed by atoms with E-state index < -0.39 is 0 Å². The van der Waals surface area contributed by atoms with Crippen LogP contribution in [0.15, 0.2) is 36.5 Å². The Morgan fingerprint density at radius 3 is 2.88 bits per heavy atom. The summed E-state index contributed by atoms with van der Waals surface area (Å²) < 4.78 is 5.04. The summed E-state index contributed by atoms with van der Waals surface area (Å²) in [7, 11) is 1.71. The van der Waals surface area contributed by atoms with Crippen LogP contribution in [0.1, 0.15) is 9.88 Å². The van der Waals surface area contributed by atoms with Crippen molar-refractivity contribution < 1.29 is 4.74 Å². The molecule has 4 heteroatoms. The van der Waals surface area contributed by atoms with Crippen LogP contribution >= 0.6 is 11.3 Å². The third kappa shape index (κ3) is 3.84. The number of rotatable bonds is 6. The Kier molecular flexibility index (Phi) is 4.53. The average Bonchev–Trinajstić information content (AvgIpc) is 2.83. The van der Waals surface area contributed by atoms with Crippen LogP contribution in [0.3, 0.4) is 0 Å². The number of benzene rings is 1. The van der Waals surface area contributed by atoms with Gasteiger partial charge in [-0.05, 0) is 12.1 Å². The lowest BCUT2D eigenvalue weighted by molar-refractivity contribution is 0.202. The standard InChI is InChI=1S/C13H16N2OS/c1-16-8-7-13-15-10-12(17-13)9-14-11-5-3-2-4-6-11/h2-6,10,14H,7-9H2,1H3. The molecule has 0 aliphatic rings. The number of anilines is 1. The van der Waals surface area contributed by atoms with Crippen molar-refractivity contribution in [3.63, 3.8) is 0 Å². The molecule has 2 rings (SSSR count). The zero-order chi connectivity index (χ0) is 11.9. The van der Waals surface area contributed by atoms with Gasteiger partial charge in [-0.2, -0.15) is 0 Å². The lowest BCUT2D eigenvalue weighted by atomic mass is 10.3. The zero-order valence-electron chi connectivity index (χ0n) is 9.85. The van der Waals surface area contributed by atoms with E-state index in [1.807, 2.05) is 24.4 Å². The smallest absolute Gasteiger partial charge is 0.0951 e. The molecule has 90 valence electrons. The summed E-state index contributed by atoms with van der Waals surface area (Å²) in [6, 6.07) is 10.2. The van der Waals surface area contributed by atoms with Crippen molar-refractivity contribution in [3.8, 4) is 0 Å². The average molecular weight is 248 g/mol. The van der Waals surface area contributed by atoms with Gasteiger partial charge >= 0.3 is 0 Å². The van der Waals surface area contributed by atoms with Gasteiger partial charge in [-0.15, -0.1) is 11.3 Å². The Morgan fingerprint density at radius 2 is 2.12 bits per heavy atom. The Labute approximate surface area is 105 Å². The van der Waals surface area contributed by atoms with Gasteiger partial charge in [0.2, 0.25) is 0 Å². The van der Waals surface area contributed by atoms with E-state index in [1.54, 1.807) is 18.4 Å². The second kappa shape index (κ2) is 6.37. The van der Waals surface area contributed by atoms with E-state index in [9.17, 15) is 0 Å². The predicted octanol–water partition coefficient (Wildman–Crippen LogP) is 2.94. The summed E-state index contributed by atoms with van der Waals surface area (Å²) in [5.74, 6) is 0. The highest BCUT2D eigenvalue weighted by atomic mass is 32.1. The number of nitrogens with one attached hydrogen (secondary N) is 1. The Hall–Kier alpha value is -1.39. The van der Waals surface area contributed by atoms with Gasteiger partial charge in [-0.1, -0.05) is 18.2 Å². The first-order valence-electron chi connectivity index (χ1n) is 5.60. The molecule has 0 bridgehead atoms. The van der Waals surface area contributed by atoms with Crippen LogP contribution in [0, 0.1) is 0 Å². The fraction of sp³-hybridized carbons (Fsp3) is 0.308. The molecule has 0 unspecified atom stereocenters. The van der Waals surface area contributed by atoms with Crippen molar-refractivity contribution in [2.24, 2.45) is 0 Å². The van der Waals surface area contributed by atoms with E-state index in [1.165, 1.54) is 4.88 Å². The summed E-state index contributed by atoms with van der Waals surface area (Å²) in [4.78, 5) is 5.61. The van der Waals surface area contributed by atoms with E-state index in [0.717, 1.165) is 30.3 Å². The molecular weight excluding hydrogens is 232 g/mol. The first kappa shape index (κ1) is 12.1. The Morgan fingerprint density at radius 1 is 1.29 bits per heavy atom. The summed E-state index contributed by atoms with van der Waals surface area (Å²) in [6.45, 7) is 1.56. The molecule has 0 atom stereocenters. The molecule has 0 aliphatic heterocycles. The molecule has 0 radical (unpaired) electrons. The predicted molar refractivity (Wildman–Crippen MR) is 71.5 cm³/mol. The van der Waals surface area contributed by atoms with Crippen LogP contribution in [-0.2, 0) is 17.7 Å². The molecule has 0 amide bonds. The molecule has 1 heterocycles. The summed E-state index contributed by atoms with van der Waals surface area (Å²) in [5.41, 5.74) is 1.14. The van der Waals surface area contributed by atoms with E-state index in [-0.39, 0.29) is 0 Å². The monoisotopic (exact) mass is 248 g/mol. The molecule has 1 aromatic carbocycles. The summed E-state index contributed by atoms with van der Waals surface area (Å²) >= 11 is 1.74. The largest absolute Gasteiger partial charge is 0.384 e. The maximum absolute atomic E-state index is 5.04. The number of hydrogen-bond acceptors (Lipinski definition) is 4. The van der Waals surface area contributed by atoms with Crippen LogP contribution < -0.4 is 5.32 Å². The second-order valence-electron chi connectivity index (χ2n) is 3.68. The van der Waals surface area contributed by atoms with Crippen LogP contribution in [-0.4, -0.2) is 18.7 Å². The highest BCUT2D eigenvalue weighted by Crippen LogP contribution is 2.15. The topological polar surface area (TPSA) is 34.1 Å². The van der Waals surface area contributed by atoms with Crippen molar-refractivity contribution in [3.05, 3.63) is 46.4 Å². The molecule has 1 aromatic heterocycles. The fourth-order valence-corrected chi connectivity index (χ4v) is 2.32. The first-order chi connectivity index (χ1) is 8.38. The molecule has 0 fully saturated rings. The van der Waals surface area contributed by atoms with E-state index in [4.69, 9.17) is 4.74 Å². The van der Waals surface area contributed by atoms with Gasteiger partial charge in [0.25, 0.3) is 0 Å². The van der Waals surface area contributed by atoms with Gasteiger partial charge in [-0.3, -0.25) is 0 Å². The SMILES string of the molecule is COCCc1ncc(CNc2ccccc2)s1. The lowest BCUT2D eigenvalue weighted by Gasteiger charge is -2.02. The van der Waals surface area contributed by atoms with E-state index in [0.29, 0.717) is 0 Å². The minimum atomic E-state index is 0.735. The number of nitrogens with zero attached hydrogens (tertiary/aromatic N) is 1. The molecule has 0 aliphatic carbocycles. The minimum absolute atomic E-state index is 0.735. The number of thiazole rings is 1. The van der Waals surface area contributed by atoms with Gasteiger partial charge < -0.3 is 10.1 Å². The molecule has 1 N–H and O–H groups in total. The quantitative estimate of drug-likeness (QED) is 0.853. The zero-order valence-corrected chi connectivity index (χ0v) is 10.7. The normalized spacial score (nSPS) is 10.4. The van der Waals surface area contributed by atoms with Crippen molar-refractivity contribution in [2.75, 3.05) is 19.0 Å². The molecule has 2 aromatic rings. The van der Waals surface area contributed by atoms with Crippen molar-refractivity contribution in [1.29, 1.82) is 0 Å². The fourth-order valence-electron chi connectivity index (χ4n) is 1.48. The van der Waals surface area contributed by atoms with Crippen LogP contribution in [0.25, 0.3) is 0 Å². The number of ether oxygens (including phenoxy) is 1. The maximum Gasteiger partial charge on any atom is 0.0951 e. The molecule has 0 saturated carbocycles. The highest BCUT2D eigenvalue weighted by Gasteiger charge is 2.01. The Bertz CT molecular complexity index is 442. The van der Waals surface area contributed by atoms with Crippen molar-refractivity contribution >= 4 is 17.0 Å². The van der Waals surface area contributed by atoms with E-state index >= 15 is 0 Å². The molecule has 0 spiro atoms. The van der Waals surface area contributed by atoms with E-state index in [2.05, 4.69) is 22.4 Å². The number of methoxy groups -OCH3 is 1. The van der Waals surface area contributed by atoms with Gasteiger partial charge in [0, 0.05) is 30.3 Å². The van der Waals surface area contributed by atoms with Gasteiger partial charge in [0.05, 0.1) is 18.2 Å². The maximum atomic E-state index is 5.04. The number of para-hydroxylation sites is 1. The van der Waals surface area contributed by atoms with Gasteiger partial charge in [0.15, 0.2) is 0 Å². The highest BCUT2D eigenvalue weighted by molar-refractivity contribution is 7.11. The van der Waals surface area contributed by atoms with Crippen molar-refractivity contribution in [2.45, 2.75) is 13.0 Å². The Balaban J connectivity index is 1.85. The summed E-state index contributed by atoms with van der Waals surface area (Å²) in [5, 5.41) is 4.51. The third-order valence-corrected chi connectivity index (χ3v) is 3.42. The molecule has 3 nitrogen and oxygen atoms in total. The summed E-state index contributed by atoms with van der Waals surface area (Å²) in [6.07, 6.45) is 2.83. The lowest BCUT2D eigenvalue weighted by Crippen LogP contribution is -1.96. The van der Waals surface area contributed by atoms with Gasteiger partial charge in [-0.25, -0.2) is 4.98 Å². The van der Waals surface area contributed by atoms with Crippen molar-refractivity contribution in [1.82, 2.24) is 4.98 Å². The second-order valence-corrected chi connectivity index (χ2v) is 4.88. The minimum Gasteiger partial charge on any atom is -0.384 e. The first-order valence-corrected chi connectivity index (χ1v) is 6.41. The van der Waals surface area contributed by atoms with Crippen LogP contribution in [0.5, 0.6) is 0 Å². The third-order valence-electron chi connectivity index (χ3n) is 2.36.